The number of hydrogen-bond acceptors (Lipinski definition) is 8. The number of methoxy groups -OCH3 is 1. The predicted molar refractivity (Wildman–Crippen MR) is 168 cm³/mol. The molecule has 0 radical (unpaired) electrons. The van der Waals surface area contributed by atoms with E-state index in [1.165, 1.54) is 24.7 Å². The zero-order valence-electron chi connectivity index (χ0n) is 23.3. The number of benzene rings is 4. The Morgan fingerprint density at radius 2 is 1.65 bits per heavy atom. The second-order valence-corrected chi connectivity index (χ2v) is 10.7. The van der Waals surface area contributed by atoms with E-state index in [1.54, 1.807) is 49.4 Å². The molecule has 1 N–H and O–H groups in total. The lowest BCUT2D eigenvalue weighted by molar-refractivity contribution is -0.127. The van der Waals surface area contributed by atoms with Crippen molar-refractivity contribution < 1.29 is 28.5 Å². The summed E-state index contributed by atoms with van der Waals surface area (Å²) in [7, 11) is 1.46. The second kappa shape index (κ2) is 13.9. The molecule has 218 valence electrons. The number of fused-ring (bicyclic) bond motifs is 1. The maximum Gasteiger partial charge on any atom is 0.355 e. The molecule has 8 nitrogen and oxygen atoms in total. The van der Waals surface area contributed by atoms with Gasteiger partial charge in [-0.25, -0.2) is 10.2 Å². The number of rotatable bonds is 11. The summed E-state index contributed by atoms with van der Waals surface area (Å²) in [6.07, 6.45) is 0.644. The van der Waals surface area contributed by atoms with Crippen molar-refractivity contribution in [1.82, 2.24) is 5.43 Å². The molecular formula is C33H27ClN2O6S. The SMILES string of the molecule is COc1cc(/C=N\NC(=O)[C@H](C)Oc2ccc(OCc3ccccc3)cc2)ccc1OC(=O)c1sc2ccccc2c1Cl. The van der Waals surface area contributed by atoms with Crippen molar-refractivity contribution in [2.75, 3.05) is 7.11 Å². The average Bonchev–Trinajstić information content (AvgIpc) is 3.38. The number of nitrogens with zero attached hydrogens (tertiary/aromatic N) is 1. The Bertz CT molecular complexity index is 1760. The number of esters is 1. The van der Waals surface area contributed by atoms with Gasteiger partial charge < -0.3 is 18.9 Å². The summed E-state index contributed by atoms with van der Waals surface area (Å²) in [4.78, 5) is 25.7. The summed E-state index contributed by atoms with van der Waals surface area (Å²) >= 11 is 7.68. The van der Waals surface area contributed by atoms with Gasteiger partial charge in [-0.05, 0) is 66.6 Å². The Labute approximate surface area is 257 Å². The summed E-state index contributed by atoms with van der Waals surface area (Å²) in [5.41, 5.74) is 4.14. The van der Waals surface area contributed by atoms with Crippen LogP contribution < -0.4 is 24.4 Å². The number of nitrogens with one attached hydrogen (secondary N) is 1. The first-order valence-corrected chi connectivity index (χ1v) is 14.4. The van der Waals surface area contributed by atoms with Gasteiger partial charge in [-0.3, -0.25) is 4.79 Å². The molecule has 43 heavy (non-hydrogen) atoms. The minimum atomic E-state index is -0.801. The number of hydrazone groups is 1. The van der Waals surface area contributed by atoms with Crippen molar-refractivity contribution in [3.8, 4) is 23.0 Å². The molecule has 1 heterocycles. The van der Waals surface area contributed by atoms with Gasteiger partial charge in [0.1, 0.15) is 23.0 Å². The number of carbonyl (C=O) groups excluding carboxylic acids is 2. The van der Waals surface area contributed by atoms with Gasteiger partial charge in [0.25, 0.3) is 5.91 Å². The van der Waals surface area contributed by atoms with E-state index in [9.17, 15) is 9.59 Å². The highest BCUT2D eigenvalue weighted by Crippen LogP contribution is 2.37. The van der Waals surface area contributed by atoms with Crippen LogP contribution in [0.5, 0.6) is 23.0 Å². The zero-order chi connectivity index (χ0) is 30.2. The van der Waals surface area contributed by atoms with Crippen LogP contribution in [0.3, 0.4) is 0 Å². The number of hydrogen-bond donors (Lipinski definition) is 1. The van der Waals surface area contributed by atoms with Crippen LogP contribution in [0.4, 0.5) is 0 Å². The Hall–Kier alpha value is -4.86. The first-order valence-electron chi connectivity index (χ1n) is 13.2. The fourth-order valence-electron chi connectivity index (χ4n) is 4.01. The first kappa shape index (κ1) is 29.6. The lowest BCUT2D eigenvalue weighted by Crippen LogP contribution is -2.33. The summed E-state index contributed by atoms with van der Waals surface area (Å²) in [5.74, 6) is 0.734. The molecule has 5 rings (SSSR count). The molecule has 0 aliphatic rings. The van der Waals surface area contributed by atoms with E-state index in [0.717, 1.165) is 15.6 Å². The van der Waals surface area contributed by atoms with Gasteiger partial charge in [-0.15, -0.1) is 11.3 Å². The molecule has 1 aromatic heterocycles. The fraction of sp³-hybridized carbons (Fsp3) is 0.121. The fourth-order valence-corrected chi connectivity index (χ4v) is 5.40. The molecule has 0 unspecified atom stereocenters. The molecule has 4 aromatic carbocycles. The van der Waals surface area contributed by atoms with Crippen LogP contribution in [0.1, 0.15) is 27.7 Å². The third kappa shape index (κ3) is 7.51. The standard InChI is InChI=1S/C33H27ClN2O6S/c1-21(41-25-15-13-24(14-16-25)40-20-22-8-4-3-5-9-22)32(37)36-35-19-23-12-17-27(28(18-23)39-2)42-33(38)31-30(34)26-10-6-7-11-29(26)43-31/h3-19,21H,20H2,1-2H3,(H,36,37)/b35-19-/t21-/m0/s1. The predicted octanol–water partition coefficient (Wildman–Crippen LogP) is 7.28. The normalized spacial score (nSPS) is 11.7. The number of carbonyl (C=O) groups is 2. The molecular weight excluding hydrogens is 588 g/mol. The Balaban J connectivity index is 1.13. The summed E-state index contributed by atoms with van der Waals surface area (Å²) < 4.78 is 23.4. The molecule has 0 bridgehead atoms. The van der Waals surface area contributed by atoms with Gasteiger partial charge >= 0.3 is 5.97 Å². The third-order valence-electron chi connectivity index (χ3n) is 6.25. The highest BCUT2D eigenvalue weighted by molar-refractivity contribution is 7.21. The average molecular weight is 615 g/mol. The van der Waals surface area contributed by atoms with E-state index < -0.39 is 18.0 Å². The maximum atomic E-state index is 12.9. The van der Waals surface area contributed by atoms with Crippen molar-refractivity contribution in [2.45, 2.75) is 19.6 Å². The van der Waals surface area contributed by atoms with Crippen molar-refractivity contribution in [1.29, 1.82) is 0 Å². The molecule has 10 heteroatoms. The van der Waals surface area contributed by atoms with Crippen LogP contribution in [0.25, 0.3) is 10.1 Å². The van der Waals surface area contributed by atoms with Crippen molar-refractivity contribution in [2.24, 2.45) is 5.10 Å². The van der Waals surface area contributed by atoms with Crippen LogP contribution >= 0.6 is 22.9 Å². The van der Waals surface area contributed by atoms with Gasteiger partial charge in [0, 0.05) is 10.1 Å². The summed E-state index contributed by atoms with van der Waals surface area (Å²) in [6, 6.07) is 29.3. The quantitative estimate of drug-likeness (QED) is 0.0727. The summed E-state index contributed by atoms with van der Waals surface area (Å²) in [6.45, 7) is 2.08. The van der Waals surface area contributed by atoms with Crippen molar-refractivity contribution in [3.63, 3.8) is 0 Å². The number of halogens is 1. The first-order chi connectivity index (χ1) is 20.9. The van der Waals surface area contributed by atoms with E-state index in [2.05, 4.69) is 10.5 Å². The Kier molecular flexibility index (Phi) is 9.56. The Morgan fingerprint density at radius 1 is 0.930 bits per heavy atom. The van der Waals surface area contributed by atoms with Gasteiger partial charge in [-0.1, -0.05) is 60.1 Å². The summed E-state index contributed by atoms with van der Waals surface area (Å²) in [5, 5.41) is 5.17. The molecule has 1 amide bonds. The number of ether oxygens (including phenoxy) is 4. The van der Waals surface area contributed by atoms with E-state index >= 15 is 0 Å². The molecule has 0 spiro atoms. The van der Waals surface area contributed by atoms with Crippen LogP contribution in [-0.2, 0) is 11.4 Å². The minimum absolute atomic E-state index is 0.223. The minimum Gasteiger partial charge on any atom is -0.493 e. The third-order valence-corrected chi connectivity index (χ3v) is 7.91. The van der Waals surface area contributed by atoms with Crippen LogP contribution in [0.15, 0.2) is 102 Å². The van der Waals surface area contributed by atoms with Gasteiger partial charge in [0.15, 0.2) is 17.6 Å². The van der Waals surface area contributed by atoms with Gasteiger partial charge in [0.05, 0.1) is 18.3 Å². The number of thiophene rings is 1. The van der Waals surface area contributed by atoms with Crippen LogP contribution in [0.2, 0.25) is 5.02 Å². The van der Waals surface area contributed by atoms with E-state index in [-0.39, 0.29) is 5.75 Å². The Morgan fingerprint density at radius 3 is 2.40 bits per heavy atom. The van der Waals surface area contributed by atoms with E-state index in [0.29, 0.717) is 39.3 Å². The molecule has 1 atom stereocenters. The lowest BCUT2D eigenvalue weighted by Gasteiger charge is -2.13. The molecule has 0 saturated carbocycles. The largest absolute Gasteiger partial charge is 0.493 e. The smallest absolute Gasteiger partial charge is 0.355 e. The van der Waals surface area contributed by atoms with Gasteiger partial charge in [0.2, 0.25) is 0 Å². The lowest BCUT2D eigenvalue weighted by atomic mass is 10.2. The monoisotopic (exact) mass is 614 g/mol. The molecule has 0 fully saturated rings. The second-order valence-electron chi connectivity index (χ2n) is 9.28. The zero-order valence-corrected chi connectivity index (χ0v) is 24.9. The highest BCUT2D eigenvalue weighted by Gasteiger charge is 2.20. The van der Waals surface area contributed by atoms with Gasteiger partial charge in [-0.2, -0.15) is 5.10 Å². The maximum absolute atomic E-state index is 12.9. The molecule has 0 aliphatic carbocycles. The van der Waals surface area contributed by atoms with Crippen molar-refractivity contribution >= 4 is 51.1 Å². The molecule has 0 aliphatic heterocycles. The molecule has 0 saturated heterocycles. The van der Waals surface area contributed by atoms with Crippen LogP contribution in [-0.4, -0.2) is 31.3 Å². The van der Waals surface area contributed by atoms with Crippen LogP contribution in [0, 0.1) is 0 Å². The van der Waals surface area contributed by atoms with E-state index in [1.807, 2.05) is 54.6 Å². The number of amides is 1. The highest BCUT2D eigenvalue weighted by atomic mass is 35.5. The van der Waals surface area contributed by atoms with Crippen molar-refractivity contribution in [3.05, 3.63) is 118 Å². The molecule has 5 aromatic rings. The van der Waals surface area contributed by atoms with E-state index in [4.69, 9.17) is 30.5 Å². The topological polar surface area (TPSA) is 95.5 Å².